The van der Waals surface area contributed by atoms with Crippen molar-refractivity contribution in [2.24, 2.45) is 0 Å². The largest absolute Gasteiger partial charge is 0.650 e. The average molecular weight is 265 g/mol. The molecule has 0 aliphatic rings. The quantitative estimate of drug-likeness (QED) is 0.604. The van der Waals surface area contributed by atoms with E-state index in [1.54, 1.807) is 10.8 Å². The van der Waals surface area contributed by atoms with E-state index in [0.717, 1.165) is 10.5 Å². The van der Waals surface area contributed by atoms with Crippen LogP contribution in [0.2, 0.25) is 0 Å². The van der Waals surface area contributed by atoms with Crippen LogP contribution in [0.25, 0.3) is 0 Å². The maximum absolute atomic E-state index is 9.81. The fraction of sp³-hybridized carbons (Fsp3) is 0.222. The molecule has 0 saturated carbocycles. The molecule has 0 N–H and O–H groups in total. The second kappa shape index (κ2) is 8.30. The Kier molecular flexibility index (Phi) is 7.14. The number of carbonyl (C=O) groups excluding carboxylic acids is 1. The van der Waals surface area contributed by atoms with Crippen molar-refractivity contribution in [3.8, 4) is 0 Å². The van der Waals surface area contributed by atoms with E-state index in [2.05, 4.69) is 4.74 Å². The van der Waals surface area contributed by atoms with Crippen LogP contribution in [-0.2, 0) is 34.7 Å². The fourth-order valence-corrected chi connectivity index (χ4v) is 1.95. The third-order valence-electron chi connectivity index (χ3n) is 1.38. The summed E-state index contributed by atoms with van der Waals surface area (Å²) in [6.45, 7) is 1.64. The first-order chi connectivity index (χ1) is 6.86. The molecule has 2 nitrogen and oxygen atoms in total. The van der Waals surface area contributed by atoms with E-state index >= 15 is 0 Å². The average Bonchev–Trinajstić information content (AvgIpc) is 2.25. The number of benzene rings is 1. The van der Waals surface area contributed by atoms with Crippen LogP contribution < -0.4 is 0 Å². The van der Waals surface area contributed by atoms with E-state index in [9.17, 15) is 4.79 Å². The summed E-state index contributed by atoms with van der Waals surface area (Å²) >= 11 is 0. The van der Waals surface area contributed by atoms with Crippen LogP contribution >= 0.6 is 21.6 Å². The molecule has 0 spiro atoms. The number of hydrogen-bond acceptors (Lipinski definition) is 4. The summed E-state index contributed by atoms with van der Waals surface area (Å²) in [5.41, 5.74) is 0.938. The first-order valence-corrected chi connectivity index (χ1v) is 5.85. The van der Waals surface area contributed by atoms with Crippen molar-refractivity contribution < 1.29 is 29.5 Å². The van der Waals surface area contributed by atoms with Gasteiger partial charge in [0.1, 0.15) is 0 Å². The Morgan fingerprint density at radius 1 is 1.50 bits per heavy atom. The predicted octanol–water partition coefficient (Wildman–Crippen LogP) is 2.64. The summed E-state index contributed by atoms with van der Waals surface area (Å²) < 4.78 is 11.5. The van der Waals surface area contributed by atoms with E-state index in [4.69, 9.17) is 1.37 Å². The van der Waals surface area contributed by atoms with Gasteiger partial charge in [-0.1, -0.05) is 40.2 Å². The van der Waals surface area contributed by atoms with E-state index in [-0.39, 0.29) is 25.2 Å². The van der Waals surface area contributed by atoms with Gasteiger partial charge in [0, 0.05) is 24.8 Å². The smallest absolute Gasteiger partial charge is 0.0745 e. The molecule has 0 fully saturated rings. The summed E-state index contributed by atoms with van der Waals surface area (Å²) in [6.07, 6.45) is 0.343. The number of hydrogen-bond donors (Lipinski definition) is 0. The Bertz CT molecular complexity index is 282. The molecular formula is C9H9O2S2V-. The van der Waals surface area contributed by atoms with Crippen LogP contribution in [0.15, 0.2) is 29.2 Å². The van der Waals surface area contributed by atoms with Crippen LogP contribution in [0, 0.1) is 0 Å². The Hall–Kier alpha value is -0.0256. The molecule has 0 saturated heterocycles. The molecule has 0 heterocycles. The van der Waals surface area contributed by atoms with Gasteiger partial charge in [-0.3, -0.25) is 0 Å². The Balaban J connectivity index is 0.00000196. The molecule has 0 unspecified atom stereocenters. The normalized spacial score (nSPS) is 9.86. The molecule has 1 rings (SSSR count). The number of rotatable bonds is 5. The molecule has 0 aromatic heterocycles. The van der Waals surface area contributed by atoms with Gasteiger partial charge >= 0.3 is 0 Å². The first-order valence-electron chi connectivity index (χ1n) is 4.24. The standard InChI is InChI=1S/C9H9O2S2.V/c1-12-13-9-4-2-8(3-5-9)6-11-7-10;/h2-5H,6H2,1H3;/q-1;/i1D;. The number of ether oxygens (including phenoxy) is 1. The topological polar surface area (TPSA) is 26.3 Å². The van der Waals surface area contributed by atoms with Gasteiger partial charge in [-0.15, -0.1) is 0 Å². The molecule has 75 valence electrons. The van der Waals surface area contributed by atoms with E-state index < -0.39 is 0 Å². The second-order valence-electron chi connectivity index (χ2n) is 2.22. The van der Waals surface area contributed by atoms with E-state index in [1.165, 1.54) is 17.3 Å². The molecule has 0 aliphatic carbocycles. The molecule has 0 aliphatic heterocycles. The van der Waals surface area contributed by atoms with Crippen LogP contribution in [-0.4, -0.2) is 12.7 Å². The zero-order valence-electron chi connectivity index (χ0n) is 8.30. The summed E-state index contributed by atoms with van der Waals surface area (Å²) in [5, 5.41) is 0. The predicted molar refractivity (Wildman–Crippen MR) is 56.3 cm³/mol. The summed E-state index contributed by atoms with van der Waals surface area (Å²) in [6, 6.07) is 7.67. The fourth-order valence-electron chi connectivity index (χ4n) is 0.822. The van der Waals surface area contributed by atoms with Gasteiger partial charge in [0.25, 0.3) is 0 Å². The molecular weight excluding hydrogens is 255 g/mol. The zero-order valence-corrected chi connectivity index (χ0v) is 10.3. The molecule has 1 aromatic carbocycles. The summed E-state index contributed by atoms with van der Waals surface area (Å²) in [5.74, 6) is 0. The Morgan fingerprint density at radius 2 is 2.21 bits per heavy atom. The first kappa shape index (κ1) is 12.0. The van der Waals surface area contributed by atoms with E-state index in [1.807, 2.05) is 24.3 Å². The molecule has 5 heteroatoms. The van der Waals surface area contributed by atoms with Crippen LogP contribution in [0.4, 0.5) is 0 Å². The van der Waals surface area contributed by atoms with Crippen molar-refractivity contribution in [2.45, 2.75) is 11.5 Å². The van der Waals surface area contributed by atoms with Gasteiger partial charge < -0.3 is 9.53 Å². The van der Waals surface area contributed by atoms with Crippen molar-refractivity contribution in [3.63, 3.8) is 0 Å². The SMILES string of the molecule is [2H]CSSc1ccc(CO[C-]=O)cc1.[V]. The molecule has 0 atom stereocenters. The van der Waals surface area contributed by atoms with E-state index in [0.29, 0.717) is 6.23 Å². The molecule has 0 bridgehead atoms. The maximum Gasteiger partial charge on any atom is 0.0745 e. The van der Waals surface area contributed by atoms with Gasteiger partial charge in [0.05, 0.1) is 6.61 Å². The van der Waals surface area contributed by atoms with Crippen LogP contribution in [0.5, 0.6) is 0 Å². The van der Waals surface area contributed by atoms with Gasteiger partial charge in [0.2, 0.25) is 0 Å². The second-order valence-corrected chi connectivity index (χ2v) is 4.30. The third-order valence-corrected chi connectivity index (χ3v) is 2.89. The van der Waals surface area contributed by atoms with Crippen molar-refractivity contribution >= 4 is 28.1 Å². The van der Waals surface area contributed by atoms with Gasteiger partial charge in [-0.2, -0.15) is 0 Å². The minimum Gasteiger partial charge on any atom is -0.650 e. The molecule has 1 radical (unpaired) electrons. The Labute approximate surface area is 105 Å². The maximum atomic E-state index is 9.81. The van der Waals surface area contributed by atoms with Crippen molar-refractivity contribution in [3.05, 3.63) is 29.8 Å². The zero-order chi connectivity index (χ0) is 10.2. The van der Waals surface area contributed by atoms with Gasteiger partial charge in [-0.05, 0) is 23.9 Å². The molecule has 14 heavy (non-hydrogen) atoms. The van der Waals surface area contributed by atoms with Crippen LogP contribution in [0.3, 0.4) is 0 Å². The minimum absolute atomic E-state index is 0. The van der Waals surface area contributed by atoms with Gasteiger partial charge in [-0.25, -0.2) is 0 Å². The molecule has 1 aromatic rings. The monoisotopic (exact) mass is 265 g/mol. The van der Waals surface area contributed by atoms with Gasteiger partial charge in [0.15, 0.2) is 0 Å². The van der Waals surface area contributed by atoms with Crippen molar-refractivity contribution in [1.29, 1.82) is 0 Å². The van der Waals surface area contributed by atoms with Crippen molar-refractivity contribution in [2.75, 3.05) is 6.23 Å². The summed E-state index contributed by atoms with van der Waals surface area (Å²) in [4.78, 5) is 10.9. The van der Waals surface area contributed by atoms with Crippen molar-refractivity contribution in [1.82, 2.24) is 0 Å². The minimum atomic E-state index is 0. The summed E-state index contributed by atoms with van der Waals surface area (Å²) in [7, 11) is 3.04. The Morgan fingerprint density at radius 3 is 2.79 bits per heavy atom. The van der Waals surface area contributed by atoms with Crippen LogP contribution in [0.1, 0.15) is 6.93 Å². The molecule has 0 amide bonds. The third kappa shape index (κ3) is 5.01.